The van der Waals surface area contributed by atoms with E-state index in [4.69, 9.17) is 5.11 Å². The van der Waals surface area contributed by atoms with Crippen LogP contribution in [0.3, 0.4) is 0 Å². The first-order valence-electron chi connectivity index (χ1n) is 4.71. The third kappa shape index (κ3) is 4.39. The molecule has 0 bridgehead atoms. The van der Waals surface area contributed by atoms with Crippen molar-refractivity contribution < 1.29 is 14.7 Å². The molecule has 16 heavy (non-hydrogen) atoms. The highest BCUT2D eigenvalue weighted by Crippen LogP contribution is 2.20. The molecule has 0 aliphatic rings. The van der Waals surface area contributed by atoms with E-state index in [0.717, 1.165) is 0 Å². The Morgan fingerprint density at radius 3 is 2.81 bits per heavy atom. The topological polar surface area (TPSA) is 79.3 Å². The summed E-state index contributed by atoms with van der Waals surface area (Å²) in [6.07, 6.45) is 3.68. The standard InChI is InChI=1S/C10H11BrN2O3/c11-7-6-12-5-4-8(7)13-9(14)2-1-3-10(15)16/h4-6H,1-3H2,(H,15,16)(H,12,13,14). The van der Waals surface area contributed by atoms with Gasteiger partial charge in [-0.15, -0.1) is 0 Å². The molecule has 1 rings (SSSR count). The van der Waals surface area contributed by atoms with E-state index in [1.807, 2.05) is 0 Å². The summed E-state index contributed by atoms with van der Waals surface area (Å²) in [4.78, 5) is 25.5. The molecule has 0 spiro atoms. The number of rotatable bonds is 5. The van der Waals surface area contributed by atoms with Crippen LogP contribution in [0, 0.1) is 0 Å². The lowest BCUT2D eigenvalue weighted by Crippen LogP contribution is -2.12. The second-order valence-electron chi connectivity index (χ2n) is 3.15. The minimum absolute atomic E-state index is 0.00490. The smallest absolute Gasteiger partial charge is 0.303 e. The second-order valence-corrected chi connectivity index (χ2v) is 4.01. The number of halogens is 1. The Labute approximate surface area is 101 Å². The molecule has 6 heteroatoms. The number of carboxylic acids is 1. The number of carbonyl (C=O) groups excluding carboxylic acids is 1. The van der Waals surface area contributed by atoms with Crippen LogP contribution in [-0.4, -0.2) is 22.0 Å². The Morgan fingerprint density at radius 2 is 2.19 bits per heavy atom. The number of hydrogen-bond donors (Lipinski definition) is 2. The summed E-state index contributed by atoms with van der Waals surface area (Å²) in [5, 5.41) is 11.1. The highest BCUT2D eigenvalue weighted by atomic mass is 79.9. The molecular formula is C10H11BrN2O3. The number of nitrogens with zero attached hydrogens (tertiary/aromatic N) is 1. The van der Waals surface area contributed by atoms with Crippen LogP contribution in [0.15, 0.2) is 22.9 Å². The molecule has 5 nitrogen and oxygen atoms in total. The third-order valence-corrected chi connectivity index (χ3v) is 2.47. The Kier molecular flexibility index (Phi) is 4.91. The predicted molar refractivity (Wildman–Crippen MR) is 62.1 cm³/mol. The average molecular weight is 287 g/mol. The van der Waals surface area contributed by atoms with Crippen LogP contribution in [0.5, 0.6) is 0 Å². The van der Waals surface area contributed by atoms with E-state index in [1.54, 1.807) is 18.5 Å². The van der Waals surface area contributed by atoms with Gasteiger partial charge in [-0.3, -0.25) is 14.6 Å². The van der Waals surface area contributed by atoms with Crippen molar-refractivity contribution in [1.29, 1.82) is 0 Å². The monoisotopic (exact) mass is 286 g/mol. The van der Waals surface area contributed by atoms with E-state index in [0.29, 0.717) is 16.6 Å². The molecule has 0 aromatic carbocycles. The molecule has 0 aliphatic carbocycles. The lowest BCUT2D eigenvalue weighted by atomic mass is 10.2. The molecule has 1 aromatic rings. The van der Waals surface area contributed by atoms with Gasteiger partial charge in [-0.2, -0.15) is 0 Å². The summed E-state index contributed by atoms with van der Waals surface area (Å²) in [5.74, 6) is -1.09. The van der Waals surface area contributed by atoms with Crippen molar-refractivity contribution in [3.8, 4) is 0 Å². The number of carbonyl (C=O) groups is 2. The normalized spacial score (nSPS) is 9.81. The molecule has 0 saturated carbocycles. The number of aromatic nitrogens is 1. The van der Waals surface area contributed by atoms with Gasteiger partial charge in [-0.05, 0) is 28.4 Å². The van der Waals surface area contributed by atoms with E-state index in [-0.39, 0.29) is 18.7 Å². The Hall–Kier alpha value is -1.43. The predicted octanol–water partition coefficient (Wildman–Crippen LogP) is 2.04. The van der Waals surface area contributed by atoms with Gasteiger partial charge >= 0.3 is 5.97 Å². The first-order chi connectivity index (χ1) is 7.59. The summed E-state index contributed by atoms with van der Waals surface area (Å²) < 4.78 is 0.696. The molecule has 86 valence electrons. The molecule has 0 saturated heterocycles. The van der Waals surface area contributed by atoms with Gasteiger partial charge in [0.15, 0.2) is 0 Å². The van der Waals surface area contributed by atoms with Crippen LogP contribution in [0.4, 0.5) is 5.69 Å². The van der Waals surface area contributed by atoms with Gasteiger partial charge < -0.3 is 10.4 Å². The zero-order chi connectivity index (χ0) is 12.0. The largest absolute Gasteiger partial charge is 0.481 e. The number of anilines is 1. The fourth-order valence-corrected chi connectivity index (χ4v) is 1.44. The Morgan fingerprint density at radius 1 is 1.44 bits per heavy atom. The maximum atomic E-state index is 11.4. The SMILES string of the molecule is O=C(O)CCCC(=O)Nc1ccncc1Br. The van der Waals surface area contributed by atoms with Gasteiger partial charge in [0, 0.05) is 25.2 Å². The summed E-state index contributed by atoms with van der Waals surface area (Å²) in [6.45, 7) is 0. The Bertz CT molecular complexity index is 395. The van der Waals surface area contributed by atoms with E-state index < -0.39 is 5.97 Å². The molecule has 2 N–H and O–H groups in total. The maximum absolute atomic E-state index is 11.4. The van der Waals surface area contributed by atoms with Crippen molar-refractivity contribution in [3.05, 3.63) is 22.9 Å². The van der Waals surface area contributed by atoms with Gasteiger partial charge in [-0.25, -0.2) is 0 Å². The molecule has 1 aromatic heterocycles. The maximum Gasteiger partial charge on any atom is 0.303 e. The van der Waals surface area contributed by atoms with Crippen molar-refractivity contribution >= 4 is 33.5 Å². The lowest BCUT2D eigenvalue weighted by Gasteiger charge is -2.05. The van der Waals surface area contributed by atoms with E-state index in [1.165, 1.54) is 0 Å². The summed E-state index contributed by atoms with van der Waals surface area (Å²) >= 11 is 3.24. The third-order valence-electron chi connectivity index (χ3n) is 1.84. The highest BCUT2D eigenvalue weighted by Gasteiger charge is 2.06. The molecule has 0 fully saturated rings. The number of aliphatic carboxylic acids is 1. The van der Waals surface area contributed by atoms with Crippen molar-refractivity contribution in [2.75, 3.05) is 5.32 Å². The number of nitrogens with one attached hydrogen (secondary N) is 1. The van der Waals surface area contributed by atoms with Gasteiger partial charge in [0.05, 0.1) is 10.2 Å². The van der Waals surface area contributed by atoms with Crippen LogP contribution in [0.1, 0.15) is 19.3 Å². The van der Waals surface area contributed by atoms with Gasteiger partial charge in [0.1, 0.15) is 0 Å². The molecule has 1 heterocycles. The van der Waals surface area contributed by atoms with Gasteiger partial charge in [0.25, 0.3) is 0 Å². The molecular weight excluding hydrogens is 276 g/mol. The van der Waals surface area contributed by atoms with Crippen LogP contribution >= 0.6 is 15.9 Å². The first-order valence-corrected chi connectivity index (χ1v) is 5.50. The number of hydrogen-bond acceptors (Lipinski definition) is 3. The molecule has 1 amide bonds. The number of carboxylic acid groups (broad SMARTS) is 1. The minimum Gasteiger partial charge on any atom is -0.481 e. The molecule has 0 atom stereocenters. The number of pyridine rings is 1. The quantitative estimate of drug-likeness (QED) is 0.868. The number of amides is 1. The van der Waals surface area contributed by atoms with Gasteiger partial charge in [0.2, 0.25) is 5.91 Å². The van der Waals surface area contributed by atoms with E-state index >= 15 is 0 Å². The molecule has 0 aliphatic heterocycles. The first kappa shape index (κ1) is 12.6. The summed E-state index contributed by atoms with van der Waals surface area (Å²) in [6, 6.07) is 1.67. The van der Waals surface area contributed by atoms with Crippen LogP contribution in [0.25, 0.3) is 0 Å². The zero-order valence-corrected chi connectivity index (χ0v) is 10.0. The fraction of sp³-hybridized carbons (Fsp3) is 0.300. The summed E-state index contributed by atoms with van der Waals surface area (Å²) in [7, 11) is 0. The second kappa shape index (κ2) is 6.22. The molecule has 0 radical (unpaired) electrons. The fourth-order valence-electron chi connectivity index (χ4n) is 1.09. The Balaban J connectivity index is 2.40. The van der Waals surface area contributed by atoms with E-state index in [9.17, 15) is 9.59 Å². The van der Waals surface area contributed by atoms with E-state index in [2.05, 4.69) is 26.2 Å². The minimum atomic E-state index is -0.891. The highest BCUT2D eigenvalue weighted by molar-refractivity contribution is 9.10. The zero-order valence-electron chi connectivity index (χ0n) is 8.44. The van der Waals surface area contributed by atoms with Crippen LogP contribution in [0.2, 0.25) is 0 Å². The van der Waals surface area contributed by atoms with Crippen molar-refractivity contribution in [1.82, 2.24) is 4.98 Å². The van der Waals surface area contributed by atoms with Crippen molar-refractivity contribution in [2.24, 2.45) is 0 Å². The lowest BCUT2D eigenvalue weighted by molar-refractivity contribution is -0.137. The van der Waals surface area contributed by atoms with Crippen molar-refractivity contribution in [2.45, 2.75) is 19.3 Å². The molecule has 0 unspecified atom stereocenters. The summed E-state index contributed by atoms with van der Waals surface area (Å²) in [5.41, 5.74) is 0.635. The average Bonchev–Trinajstić information content (AvgIpc) is 2.21. The van der Waals surface area contributed by atoms with Crippen LogP contribution in [-0.2, 0) is 9.59 Å². The van der Waals surface area contributed by atoms with Crippen molar-refractivity contribution in [3.63, 3.8) is 0 Å². The van der Waals surface area contributed by atoms with Gasteiger partial charge in [-0.1, -0.05) is 0 Å². The van der Waals surface area contributed by atoms with Crippen LogP contribution < -0.4 is 5.32 Å².